The van der Waals surface area contributed by atoms with Crippen LogP contribution in [-0.2, 0) is 11.2 Å². The van der Waals surface area contributed by atoms with Crippen LogP contribution in [0.5, 0.6) is 0 Å². The second-order valence-corrected chi connectivity index (χ2v) is 6.23. The number of hydrogen-bond acceptors (Lipinski definition) is 2. The molecule has 1 fully saturated rings. The van der Waals surface area contributed by atoms with Gasteiger partial charge in [0, 0.05) is 12.2 Å². The van der Waals surface area contributed by atoms with Gasteiger partial charge in [-0.05, 0) is 50.3 Å². The number of benzene rings is 1. The average Bonchev–Trinajstić information content (AvgIpc) is 2.50. The summed E-state index contributed by atoms with van der Waals surface area (Å²) in [6.07, 6.45) is 5.02. The summed E-state index contributed by atoms with van der Waals surface area (Å²) >= 11 is 0. The lowest BCUT2D eigenvalue weighted by Crippen LogP contribution is -2.48. The van der Waals surface area contributed by atoms with Crippen LogP contribution in [0.2, 0.25) is 0 Å². The summed E-state index contributed by atoms with van der Waals surface area (Å²) in [6, 6.07) is 6.24. The summed E-state index contributed by atoms with van der Waals surface area (Å²) in [5.41, 5.74) is 3.16. The minimum atomic E-state index is -0.236. The Hall–Kier alpha value is -1.35. The second-order valence-electron chi connectivity index (χ2n) is 6.23. The van der Waals surface area contributed by atoms with Crippen LogP contribution in [0.3, 0.4) is 0 Å². The summed E-state index contributed by atoms with van der Waals surface area (Å²) < 4.78 is 0. The Morgan fingerprint density at radius 1 is 1.38 bits per heavy atom. The van der Waals surface area contributed by atoms with E-state index in [9.17, 15) is 4.79 Å². The van der Waals surface area contributed by atoms with Crippen molar-refractivity contribution >= 4 is 11.6 Å². The van der Waals surface area contributed by atoms with Crippen LogP contribution < -0.4 is 10.6 Å². The zero-order valence-corrected chi connectivity index (χ0v) is 13.6. The topological polar surface area (TPSA) is 41.1 Å². The van der Waals surface area contributed by atoms with Gasteiger partial charge in [-0.1, -0.05) is 38.5 Å². The predicted octanol–water partition coefficient (Wildman–Crippen LogP) is 3.67. The number of hydrogen-bond donors (Lipinski definition) is 2. The van der Waals surface area contributed by atoms with Crippen molar-refractivity contribution in [2.24, 2.45) is 5.41 Å². The standard InChI is InChI=1S/C18H28N2O/c1-4-10-18(11-7-12-19-13-18)17(21)20-16-14(3)8-6-9-15(16)5-2/h6,8-9,19H,4-5,7,10-13H2,1-3H3,(H,20,21). The zero-order chi connectivity index (χ0) is 15.3. The van der Waals surface area contributed by atoms with Gasteiger partial charge in [0.2, 0.25) is 5.91 Å². The normalized spacial score (nSPS) is 22.0. The van der Waals surface area contributed by atoms with Gasteiger partial charge in [0.25, 0.3) is 0 Å². The van der Waals surface area contributed by atoms with Crippen molar-refractivity contribution in [3.05, 3.63) is 29.3 Å². The predicted molar refractivity (Wildman–Crippen MR) is 88.6 cm³/mol. The van der Waals surface area contributed by atoms with Crippen molar-refractivity contribution in [1.82, 2.24) is 5.32 Å². The largest absolute Gasteiger partial charge is 0.325 e. The Labute approximate surface area is 128 Å². The van der Waals surface area contributed by atoms with Crippen LogP contribution in [0.1, 0.15) is 50.7 Å². The summed E-state index contributed by atoms with van der Waals surface area (Å²) in [5, 5.41) is 6.66. The maximum atomic E-state index is 12.9. The minimum absolute atomic E-state index is 0.195. The van der Waals surface area contributed by atoms with Crippen molar-refractivity contribution in [2.75, 3.05) is 18.4 Å². The smallest absolute Gasteiger partial charge is 0.231 e. The highest BCUT2D eigenvalue weighted by molar-refractivity contribution is 5.97. The van der Waals surface area contributed by atoms with Gasteiger partial charge in [0.15, 0.2) is 0 Å². The van der Waals surface area contributed by atoms with Gasteiger partial charge in [0.1, 0.15) is 0 Å². The van der Waals surface area contributed by atoms with Gasteiger partial charge in [-0.3, -0.25) is 4.79 Å². The molecule has 0 bridgehead atoms. The van der Waals surface area contributed by atoms with E-state index in [-0.39, 0.29) is 11.3 Å². The number of rotatable bonds is 5. The van der Waals surface area contributed by atoms with Gasteiger partial charge >= 0.3 is 0 Å². The average molecular weight is 288 g/mol. The summed E-state index contributed by atoms with van der Waals surface area (Å²) in [6.45, 7) is 8.20. The maximum absolute atomic E-state index is 12.9. The molecular weight excluding hydrogens is 260 g/mol. The molecule has 0 radical (unpaired) electrons. The first-order valence-electron chi connectivity index (χ1n) is 8.23. The molecule has 1 atom stereocenters. The first-order chi connectivity index (χ1) is 10.1. The fraction of sp³-hybridized carbons (Fsp3) is 0.611. The molecule has 3 heteroatoms. The van der Waals surface area contributed by atoms with E-state index in [1.807, 2.05) is 0 Å². The van der Waals surface area contributed by atoms with Gasteiger partial charge in [-0.15, -0.1) is 0 Å². The number of para-hydroxylation sites is 1. The molecular formula is C18H28N2O. The van der Waals surface area contributed by atoms with Gasteiger partial charge in [-0.2, -0.15) is 0 Å². The van der Waals surface area contributed by atoms with E-state index in [1.165, 1.54) is 5.56 Å². The van der Waals surface area contributed by atoms with Crippen molar-refractivity contribution in [2.45, 2.75) is 52.9 Å². The number of nitrogens with one attached hydrogen (secondary N) is 2. The van der Waals surface area contributed by atoms with Crippen LogP contribution in [0.25, 0.3) is 0 Å². The van der Waals surface area contributed by atoms with Gasteiger partial charge in [-0.25, -0.2) is 0 Å². The molecule has 0 aliphatic carbocycles. The van der Waals surface area contributed by atoms with E-state index in [0.29, 0.717) is 0 Å². The zero-order valence-electron chi connectivity index (χ0n) is 13.6. The fourth-order valence-electron chi connectivity index (χ4n) is 3.42. The molecule has 3 nitrogen and oxygen atoms in total. The SMILES string of the molecule is CCCC1(C(=O)Nc2c(C)cccc2CC)CCCNC1. The van der Waals surface area contributed by atoms with Crippen molar-refractivity contribution in [3.8, 4) is 0 Å². The highest BCUT2D eigenvalue weighted by Crippen LogP contribution is 2.34. The van der Waals surface area contributed by atoms with E-state index >= 15 is 0 Å². The highest BCUT2D eigenvalue weighted by Gasteiger charge is 2.38. The number of carbonyl (C=O) groups is 1. The number of piperidine rings is 1. The lowest BCUT2D eigenvalue weighted by Gasteiger charge is -2.36. The number of amides is 1. The molecule has 0 saturated carbocycles. The molecule has 1 aromatic carbocycles. The molecule has 1 amide bonds. The van der Waals surface area contributed by atoms with E-state index in [1.54, 1.807) is 0 Å². The summed E-state index contributed by atoms with van der Waals surface area (Å²) in [4.78, 5) is 12.9. The fourth-order valence-corrected chi connectivity index (χ4v) is 3.42. The van der Waals surface area contributed by atoms with Crippen LogP contribution in [-0.4, -0.2) is 19.0 Å². The Balaban J connectivity index is 2.23. The summed E-state index contributed by atoms with van der Waals surface area (Å²) in [7, 11) is 0. The number of carbonyl (C=O) groups excluding carboxylic acids is 1. The molecule has 116 valence electrons. The molecule has 1 heterocycles. The summed E-state index contributed by atoms with van der Waals surface area (Å²) in [5.74, 6) is 0.195. The number of aryl methyl sites for hydroxylation is 2. The van der Waals surface area contributed by atoms with Crippen molar-refractivity contribution < 1.29 is 4.79 Å². The van der Waals surface area contributed by atoms with Gasteiger partial charge in [0.05, 0.1) is 5.41 Å². The van der Waals surface area contributed by atoms with Crippen LogP contribution in [0, 0.1) is 12.3 Å². The number of anilines is 1. The Bertz CT molecular complexity index is 484. The van der Waals surface area contributed by atoms with E-state index < -0.39 is 0 Å². The van der Waals surface area contributed by atoms with Crippen molar-refractivity contribution in [3.63, 3.8) is 0 Å². The van der Waals surface area contributed by atoms with Crippen molar-refractivity contribution in [1.29, 1.82) is 0 Å². The molecule has 21 heavy (non-hydrogen) atoms. The third kappa shape index (κ3) is 3.46. The highest BCUT2D eigenvalue weighted by atomic mass is 16.2. The third-order valence-electron chi connectivity index (χ3n) is 4.66. The van der Waals surface area contributed by atoms with E-state index in [2.05, 4.69) is 49.6 Å². The molecule has 2 N–H and O–H groups in total. The maximum Gasteiger partial charge on any atom is 0.231 e. The van der Waals surface area contributed by atoms with E-state index in [4.69, 9.17) is 0 Å². The van der Waals surface area contributed by atoms with Gasteiger partial charge < -0.3 is 10.6 Å². The molecule has 0 aromatic heterocycles. The minimum Gasteiger partial charge on any atom is -0.325 e. The molecule has 0 spiro atoms. The first-order valence-corrected chi connectivity index (χ1v) is 8.23. The van der Waals surface area contributed by atoms with Crippen LogP contribution >= 0.6 is 0 Å². The molecule has 1 aliphatic rings. The lowest BCUT2D eigenvalue weighted by atomic mass is 9.76. The molecule has 1 aliphatic heterocycles. The second kappa shape index (κ2) is 7.08. The monoisotopic (exact) mass is 288 g/mol. The molecule has 2 rings (SSSR count). The van der Waals surface area contributed by atoms with Crippen LogP contribution in [0.4, 0.5) is 5.69 Å². The van der Waals surface area contributed by atoms with Crippen LogP contribution in [0.15, 0.2) is 18.2 Å². The Morgan fingerprint density at radius 3 is 2.81 bits per heavy atom. The quantitative estimate of drug-likeness (QED) is 0.868. The molecule has 1 unspecified atom stereocenters. The Morgan fingerprint density at radius 2 is 2.19 bits per heavy atom. The third-order valence-corrected chi connectivity index (χ3v) is 4.66. The van der Waals surface area contributed by atoms with E-state index in [0.717, 1.165) is 56.4 Å². The Kier molecular flexibility index (Phi) is 5.40. The molecule has 1 aromatic rings. The first kappa shape index (κ1) is 16.0. The lowest BCUT2D eigenvalue weighted by molar-refractivity contribution is -0.127. The molecule has 1 saturated heterocycles.